The maximum absolute atomic E-state index is 13.5. The molecule has 0 unspecified atom stereocenters. The number of hydrogen-bond acceptors (Lipinski definition) is 2. The summed E-state index contributed by atoms with van der Waals surface area (Å²) in [5, 5.41) is 5.31. The lowest BCUT2D eigenvalue weighted by atomic mass is 10.2. The molecular weight excluding hydrogens is 380 g/mol. The van der Waals surface area contributed by atoms with Gasteiger partial charge < -0.3 is 10.6 Å². The number of amides is 2. The summed E-state index contributed by atoms with van der Waals surface area (Å²) in [6.07, 6.45) is 0. The molecule has 4 nitrogen and oxygen atoms in total. The predicted molar refractivity (Wildman–Crippen MR) is 87.4 cm³/mol. The average Bonchev–Trinajstić information content (AvgIpc) is 2.58. The lowest BCUT2D eigenvalue weighted by Crippen LogP contribution is -2.35. The van der Waals surface area contributed by atoms with Crippen molar-refractivity contribution < 1.29 is 22.8 Å². The third-order valence-corrected chi connectivity index (χ3v) is 3.90. The Hall–Kier alpha value is -2.25. The highest BCUT2D eigenvalue weighted by molar-refractivity contribution is 6.42. The predicted octanol–water partition coefficient (Wildman–Crippen LogP) is 3.57. The van der Waals surface area contributed by atoms with Crippen LogP contribution in [0.15, 0.2) is 30.3 Å². The van der Waals surface area contributed by atoms with Crippen LogP contribution in [0.1, 0.15) is 20.7 Å². The summed E-state index contributed by atoms with van der Waals surface area (Å²) >= 11 is 11.6. The fourth-order valence-electron chi connectivity index (χ4n) is 1.89. The van der Waals surface area contributed by atoms with Gasteiger partial charge in [0.2, 0.25) is 0 Å². The molecule has 0 fully saturated rings. The van der Waals surface area contributed by atoms with Gasteiger partial charge in [-0.1, -0.05) is 23.2 Å². The molecule has 0 spiro atoms. The smallest absolute Gasteiger partial charge is 0.254 e. The first-order valence-corrected chi connectivity index (χ1v) is 7.71. The van der Waals surface area contributed by atoms with E-state index < -0.39 is 34.8 Å². The number of benzene rings is 2. The number of carbonyl (C=O) groups excluding carboxylic acids is 2. The Morgan fingerprint density at radius 1 is 0.840 bits per heavy atom. The first-order chi connectivity index (χ1) is 11.8. The van der Waals surface area contributed by atoms with Gasteiger partial charge in [0, 0.05) is 18.7 Å². The zero-order chi connectivity index (χ0) is 18.6. The minimum atomic E-state index is -1.72. The number of carbonyl (C=O) groups is 2. The second kappa shape index (κ2) is 8.22. The first-order valence-electron chi connectivity index (χ1n) is 6.96. The minimum absolute atomic E-state index is 0.0239. The third kappa shape index (κ3) is 4.64. The molecule has 0 radical (unpaired) electrons. The normalized spacial score (nSPS) is 10.4. The molecular formula is C16H11Cl2F3N2O2. The molecule has 0 atom stereocenters. The van der Waals surface area contributed by atoms with E-state index >= 15 is 0 Å². The van der Waals surface area contributed by atoms with E-state index in [-0.39, 0.29) is 23.7 Å². The van der Waals surface area contributed by atoms with Gasteiger partial charge in [-0.05, 0) is 30.3 Å². The second-order valence-electron chi connectivity index (χ2n) is 4.86. The van der Waals surface area contributed by atoms with Crippen LogP contribution in [0.2, 0.25) is 10.0 Å². The SMILES string of the molecule is O=C(NCCNC(=O)c1ccc(F)c(F)c1F)c1ccc(Cl)c(Cl)c1. The molecule has 2 rings (SSSR count). The molecule has 2 aromatic carbocycles. The summed E-state index contributed by atoms with van der Waals surface area (Å²) in [7, 11) is 0. The molecule has 9 heteroatoms. The molecule has 2 N–H and O–H groups in total. The van der Waals surface area contributed by atoms with Crippen LogP contribution in [-0.2, 0) is 0 Å². The Balaban J connectivity index is 1.86. The monoisotopic (exact) mass is 390 g/mol. The summed E-state index contributed by atoms with van der Waals surface area (Å²) in [6.45, 7) is -0.0273. The van der Waals surface area contributed by atoms with Crippen molar-refractivity contribution in [2.75, 3.05) is 13.1 Å². The van der Waals surface area contributed by atoms with Crippen molar-refractivity contribution in [1.82, 2.24) is 10.6 Å². The van der Waals surface area contributed by atoms with Gasteiger partial charge in [0.1, 0.15) is 0 Å². The van der Waals surface area contributed by atoms with Gasteiger partial charge in [-0.3, -0.25) is 9.59 Å². The van der Waals surface area contributed by atoms with E-state index in [4.69, 9.17) is 23.2 Å². The van der Waals surface area contributed by atoms with E-state index in [0.29, 0.717) is 11.1 Å². The molecule has 0 saturated carbocycles. The van der Waals surface area contributed by atoms with Crippen molar-refractivity contribution in [2.45, 2.75) is 0 Å². The van der Waals surface area contributed by atoms with Crippen molar-refractivity contribution in [2.24, 2.45) is 0 Å². The second-order valence-corrected chi connectivity index (χ2v) is 5.68. The standard InChI is InChI=1S/C16H11Cl2F3N2O2/c17-10-3-1-8(7-11(10)18)15(24)22-5-6-23-16(25)9-2-4-12(19)14(21)13(9)20/h1-4,7H,5-6H2,(H,22,24)(H,23,25). The third-order valence-electron chi connectivity index (χ3n) is 3.16. The molecule has 132 valence electrons. The Labute approximate surface area is 150 Å². The summed E-state index contributed by atoms with van der Waals surface area (Å²) in [5.74, 6) is -6.06. The molecule has 0 aliphatic heterocycles. The van der Waals surface area contributed by atoms with Gasteiger partial charge in [0.05, 0.1) is 15.6 Å². The maximum Gasteiger partial charge on any atom is 0.254 e. The van der Waals surface area contributed by atoms with Crippen LogP contribution in [0.25, 0.3) is 0 Å². The van der Waals surface area contributed by atoms with Gasteiger partial charge in [-0.2, -0.15) is 0 Å². The minimum Gasteiger partial charge on any atom is -0.350 e. The van der Waals surface area contributed by atoms with Crippen molar-refractivity contribution >= 4 is 35.0 Å². The highest BCUT2D eigenvalue weighted by Gasteiger charge is 2.18. The number of halogens is 5. The molecule has 0 saturated heterocycles. The molecule has 0 heterocycles. The van der Waals surface area contributed by atoms with Crippen molar-refractivity contribution in [1.29, 1.82) is 0 Å². The molecule has 2 amide bonds. The van der Waals surface area contributed by atoms with Crippen LogP contribution in [0.4, 0.5) is 13.2 Å². The zero-order valence-electron chi connectivity index (χ0n) is 12.5. The molecule has 0 aliphatic carbocycles. The topological polar surface area (TPSA) is 58.2 Å². The molecule has 0 aromatic heterocycles. The van der Waals surface area contributed by atoms with E-state index in [2.05, 4.69) is 10.6 Å². The maximum atomic E-state index is 13.5. The lowest BCUT2D eigenvalue weighted by Gasteiger charge is -2.09. The highest BCUT2D eigenvalue weighted by Crippen LogP contribution is 2.22. The van der Waals surface area contributed by atoms with Crippen LogP contribution in [0.3, 0.4) is 0 Å². The fraction of sp³-hybridized carbons (Fsp3) is 0.125. The fourth-order valence-corrected chi connectivity index (χ4v) is 2.19. The summed E-state index contributed by atoms with van der Waals surface area (Å²) in [6, 6.07) is 5.80. The van der Waals surface area contributed by atoms with Crippen LogP contribution >= 0.6 is 23.2 Å². The first kappa shape index (κ1) is 19.1. The molecule has 2 aromatic rings. The van der Waals surface area contributed by atoms with Crippen LogP contribution in [0, 0.1) is 17.5 Å². The van der Waals surface area contributed by atoms with Crippen LogP contribution < -0.4 is 10.6 Å². The summed E-state index contributed by atoms with van der Waals surface area (Å²) < 4.78 is 39.4. The molecule has 0 aliphatic rings. The number of hydrogen-bond donors (Lipinski definition) is 2. The van der Waals surface area contributed by atoms with E-state index in [0.717, 1.165) is 6.07 Å². The average molecular weight is 391 g/mol. The van der Waals surface area contributed by atoms with Gasteiger partial charge in [0.15, 0.2) is 17.5 Å². The Bertz CT molecular complexity index is 831. The van der Waals surface area contributed by atoms with Crippen LogP contribution in [0.5, 0.6) is 0 Å². The summed E-state index contributed by atoms with van der Waals surface area (Å²) in [5.41, 5.74) is -0.359. The Morgan fingerprint density at radius 2 is 1.48 bits per heavy atom. The molecule has 25 heavy (non-hydrogen) atoms. The highest BCUT2D eigenvalue weighted by atomic mass is 35.5. The van der Waals surface area contributed by atoms with Crippen LogP contribution in [-0.4, -0.2) is 24.9 Å². The van der Waals surface area contributed by atoms with Gasteiger partial charge in [-0.25, -0.2) is 13.2 Å². The Morgan fingerprint density at radius 3 is 2.12 bits per heavy atom. The van der Waals surface area contributed by atoms with E-state index in [1.165, 1.54) is 18.2 Å². The Kier molecular flexibility index (Phi) is 6.27. The van der Waals surface area contributed by atoms with Gasteiger partial charge >= 0.3 is 0 Å². The largest absolute Gasteiger partial charge is 0.350 e. The molecule has 0 bridgehead atoms. The number of nitrogens with one attached hydrogen (secondary N) is 2. The van der Waals surface area contributed by atoms with Crippen molar-refractivity contribution in [3.8, 4) is 0 Å². The quantitative estimate of drug-likeness (QED) is 0.605. The number of rotatable bonds is 5. The van der Waals surface area contributed by atoms with Crippen molar-refractivity contribution in [3.05, 3.63) is 69.0 Å². The van der Waals surface area contributed by atoms with Gasteiger partial charge in [0.25, 0.3) is 11.8 Å². The zero-order valence-corrected chi connectivity index (χ0v) is 14.0. The lowest BCUT2D eigenvalue weighted by molar-refractivity contribution is 0.0924. The van der Waals surface area contributed by atoms with Crippen molar-refractivity contribution in [3.63, 3.8) is 0 Å². The van der Waals surface area contributed by atoms with E-state index in [1.54, 1.807) is 0 Å². The van der Waals surface area contributed by atoms with E-state index in [9.17, 15) is 22.8 Å². The summed E-state index contributed by atoms with van der Waals surface area (Å²) in [4.78, 5) is 23.6. The van der Waals surface area contributed by atoms with Gasteiger partial charge in [-0.15, -0.1) is 0 Å². The van der Waals surface area contributed by atoms with E-state index in [1.807, 2.05) is 0 Å².